The van der Waals surface area contributed by atoms with Crippen LogP contribution in [0.4, 0.5) is 0 Å². The lowest BCUT2D eigenvalue weighted by molar-refractivity contribution is -0.109. The molecule has 0 aliphatic carbocycles. The number of aryl methyl sites for hydroxylation is 1. The summed E-state index contributed by atoms with van der Waals surface area (Å²) >= 11 is 0. The van der Waals surface area contributed by atoms with Crippen molar-refractivity contribution in [1.29, 1.82) is 0 Å². The Hall–Kier alpha value is -1.28. The Morgan fingerprint density at radius 3 is 2.75 bits per heavy atom. The van der Waals surface area contributed by atoms with E-state index in [2.05, 4.69) is 5.59 Å². The maximum Gasteiger partial charge on any atom is 0.286 e. The fourth-order valence-corrected chi connectivity index (χ4v) is 2.21. The minimum absolute atomic E-state index is 0.0102. The van der Waals surface area contributed by atoms with Crippen LogP contribution < -0.4 is 10.3 Å². The van der Waals surface area contributed by atoms with E-state index in [1.54, 1.807) is 11.8 Å². The van der Waals surface area contributed by atoms with Crippen LogP contribution in [0.15, 0.2) is 12.1 Å². The van der Waals surface area contributed by atoms with Crippen LogP contribution in [0.1, 0.15) is 11.1 Å². The highest BCUT2D eigenvalue weighted by molar-refractivity contribution is 6.48. The number of ether oxygens (including phenoxy) is 1. The number of benzene rings is 1. The topological polar surface area (TPSA) is 85.2 Å². The highest BCUT2D eigenvalue weighted by atomic mass is 16.5. The van der Waals surface area contributed by atoms with Gasteiger partial charge in [-0.15, -0.1) is 5.59 Å². The summed E-state index contributed by atoms with van der Waals surface area (Å²) in [5.41, 5.74) is 3.59. The van der Waals surface area contributed by atoms with Gasteiger partial charge in [0, 0.05) is 5.56 Å². The second-order valence-corrected chi connectivity index (χ2v) is 5.33. The van der Waals surface area contributed by atoms with Gasteiger partial charge in [0.25, 0.3) is 6.92 Å². The average molecular weight is 280 g/mol. The minimum atomic E-state index is -0.377. The third kappa shape index (κ3) is 3.43. The molecule has 1 heterocycles. The maximum absolute atomic E-state index is 10.2. The molecule has 0 saturated carbocycles. The molecule has 1 aromatic carbocycles. The average Bonchev–Trinajstić information content (AvgIpc) is 2.36. The van der Waals surface area contributed by atoms with Crippen molar-refractivity contribution in [3.05, 3.63) is 23.3 Å². The van der Waals surface area contributed by atoms with E-state index >= 15 is 0 Å². The van der Waals surface area contributed by atoms with Gasteiger partial charge in [-0.3, -0.25) is 0 Å². The Bertz CT molecular complexity index is 464. The molecule has 110 valence electrons. The molecule has 6 nitrogen and oxygen atoms in total. The van der Waals surface area contributed by atoms with E-state index in [0.717, 1.165) is 5.56 Å². The van der Waals surface area contributed by atoms with Crippen LogP contribution in [0.3, 0.4) is 0 Å². The first kappa shape index (κ1) is 15.1. The van der Waals surface area contributed by atoms with Crippen LogP contribution in [0.5, 0.6) is 11.5 Å². The van der Waals surface area contributed by atoms with Gasteiger partial charge in [-0.25, -0.2) is 5.01 Å². The zero-order valence-electron chi connectivity index (χ0n) is 11.8. The van der Waals surface area contributed by atoms with E-state index in [1.165, 1.54) is 0 Å². The first-order valence-electron chi connectivity index (χ1n) is 6.82. The van der Waals surface area contributed by atoms with Gasteiger partial charge in [0.15, 0.2) is 0 Å². The summed E-state index contributed by atoms with van der Waals surface area (Å²) in [6, 6.07) is 3.68. The molecular weight excluding hydrogens is 259 g/mol. The second-order valence-electron chi connectivity index (χ2n) is 5.33. The molecule has 2 rings (SSSR count). The number of aromatic hydroxyl groups is 1. The van der Waals surface area contributed by atoms with E-state index in [1.807, 2.05) is 19.1 Å². The van der Waals surface area contributed by atoms with Gasteiger partial charge in [0.2, 0.25) is 0 Å². The minimum Gasteiger partial charge on any atom is -0.507 e. The molecule has 0 atom stereocenters. The van der Waals surface area contributed by atoms with E-state index in [-0.39, 0.29) is 18.8 Å². The predicted octanol–water partition coefficient (Wildman–Crippen LogP) is 0.814. The molecule has 1 aliphatic rings. The Labute approximate surface area is 119 Å². The third-order valence-corrected chi connectivity index (χ3v) is 3.58. The Morgan fingerprint density at radius 1 is 1.45 bits per heavy atom. The van der Waals surface area contributed by atoms with Crippen LogP contribution in [0, 0.1) is 6.92 Å². The molecule has 1 saturated heterocycles. The van der Waals surface area contributed by atoms with Crippen molar-refractivity contribution in [2.75, 3.05) is 13.1 Å². The maximum atomic E-state index is 10.2. The number of phenols is 1. The molecule has 0 aromatic heterocycles. The van der Waals surface area contributed by atoms with E-state index in [0.29, 0.717) is 37.1 Å². The van der Waals surface area contributed by atoms with Crippen molar-refractivity contribution in [2.24, 2.45) is 0 Å². The van der Waals surface area contributed by atoms with Gasteiger partial charge < -0.3 is 20.1 Å². The number of hydrogen-bond donors (Lipinski definition) is 4. The number of hydrogen-bond acceptors (Lipinski definition) is 6. The van der Waals surface area contributed by atoms with Crippen molar-refractivity contribution in [2.45, 2.75) is 32.6 Å². The summed E-state index contributed by atoms with van der Waals surface area (Å²) < 4.78 is 5.77. The van der Waals surface area contributed by atoms with Crippen molar-refractivity contribution in [3.63, 3.8) is 0 Å². The van der Waals surface area contributed by atoms with Crippen LogP contribution in [-0.4, -0.2) is 46.5 Å². The first-order chi connectivity index (χ1) is 9.51. The largest absolute Gasteiger partial charge is 0.507 e. The SMILES string of the molecule is CB(O)CCc1ccc(OC2CN(NO)C2)c(C)c1O. The zero-order valence-corrected chi connectivity index (χ0v) is 11.8. The van der Waals surface area contributed by atoms with Gasteiger partial charge in [-0.05, 0) is 31.3 Å². The summed E-state index contributed by atoms with van der Waals surface area (Å²) in [5.74, 6) is 0.894. The van der Waals surface area contributed by atoms with Crippen LogP contribution >= 0.6 is 0 Å². The van der Waals surface area contributed by atoms with E-state index < -0.39 is 0 Å². The van der Waals surface area contributed by atoms with E-state index in [4.69, 9.17) is 9.94 Å². The molecule has 1 aliphatic heterocycles. The Morgan fingerprint density at radius 2 is 2.15 bits per heavy atom. The molecule has 0 unspecified atom stereocenters. The molecule has 0 bridgehead atoms. The van der Waals surface area contributed by atoms with Crippen LogP contribution in [0.2, 0.25) is 13.1 Å². The van der Waals surface area contributed by atoms with Gasteiger partial charge in [0.05, 0.1) is 13.1 Å². The zero-order chi connectivity index (χ0) is 14.7. The molecule has 20 heavy (non-hydrogen) atoms. The summed E-state index contributed by atoms with van der Waals surface area (Å²) in [6.07, 6.45) is 1.26. The first-order valence-corrected chi connectivity index (χ1v) is 6.82. The Balaban J connectivity index is 1.99. The lowest BCUT2D eigenvalue weighted by atomic mass is 9.66. The van der Waals surface area contributed by atoms with Crippen LogP contribution in [-0.2, 0) is 6.42 Å². The number of nitrogens with one attached hydrogen (secondary N) is 1. The van der Waals surface area contributed by atoms with Crippen molar-refractivity contribution >= 4 is 6.92 Å². The standard InChI is InChI=1S/C13H21BN2O4/c1-9-12(20-11-7-16(8-11)15-19)4-3-10(13(9)17)5-6-14(2)18/h3-4,11,15,17-19H,5-8H2,1-2H3. The normalized spacial score (nSPS) is 16.0. The number of phenolic OH excluding ortho intramolecular Hbond substituents is 1. The predicted molar refractivity (Wildman–Crippen MR) is 76.1 cm³/mol. The molecule has 4 N–H and O–H groups in total. The van der Waals surface area contributed by atoms with Crippen molar-refractivity contribution in [1.82, 2.24) is 10.6 Å². The van der Waals surface area contributed by atoms with Gasteiger partial charge in [-0.1, -0.05) is 12.9 Å². The molecule has 0 amide bonds. The highest BCUT2D eigenvalue weighted by Gasteiger charge is 2.28. The molecule has 0 radical (unpaired) electrons. The van der Waals surface area contributed by atoms with Gasteiger partial charge >= 0.3 is 0 Å². The third-order valence-electron chi connectivity index (χ3n) is 3.58. The van der Waals surface area contributed by atoms with Gasteiger partial charge in [0.1, 0.15) is 17.6 Å². The number of rotatable bonds is 6. The Kier molecular flexibility index (Phi) is 4.88. The lowest BCUT2D eigenvalue weighted by Gasteiger charge is -2.37. The fourth-order valence-electron chi connectivity index (χ4n) is 2.21. The highest BCUT2D eigenvalue weighted by Crippen LogP contribution is 2.32. The number of nitrogens with zero attached hydrogens (tertiary/aromatic N) is 1. The molecule has 7 heteroatoms. The monoisotopic (exact) mass is 280 g/mol. The van der Waals surface area contributed by atoms with Gasteiger partial charge in [-0.2, -0.15) is 0 Å². The van der Waals surface area contributed by atoms with E-state index in [9.17, 15) is 10.1 Å². The smallest absolute Gasteiger partial charge is 0.286 e. The quantitative estimate of drug-likeness (QED) is 0.456. The summed E-state index contributed by atoms with van der Waals surface area (Å²) in [6.45, 7) is 4.37. The lowest BCUT2D eigenvalue weighted by Crippen LogP contribution is -2.58. The molecule has 0 spiro atoms. The number of hydrazine groups is 1. The van der Waals surface area contributed by atoms with Crippen molar-refractivity contribution in [3.8, 4) is 11.5 Å². The summed E-state index contributed by atoms with van der Waals surface area (Å²) in [7, 11) is 0. The summed E-state index contributed by atoms with van der Waals surface area (Å²) in [5, 5.41) is 29.8. The fraction of sp³-hybridized carbons (Fsp3) is 0.538. The van der Waals surface area contributed by atoms with Crippen LogP contribution in [0.25, 0.3) is 0 Å². The van der Waals surface area contributed by atoms with Crippen molar-refractivity contribution < 1.29 is 20.1 Å². The molecular formula is C13H21BN2O4. The second kappa shape index (κ2) is 6.45. The molecule has 1 fully saturated rings. The molecule has 1 aromatic rings. The summed E-state index contributed by atoms with van der Waals surface area (Å²) in [4.78, 5) is 0.